The van der Waals surface area contributed by atoms with Gasteiger partial charge >= 0.3 is 12.3 Å². The molecular formula is C21H15F4NO3. The van der Waals surface area contributed by atoms with Crippen LogP contribution in [0.1, 0.15) is 15.9 Å². The Labute approximate surface area is 163 Å². The van der Waals surface area contributed by atoms with Crippen LogP contribution in [-0.4, -0.2) is 17.4 Å². The van der Waals surface area contributed by atoms with Gasteiger partial charge in [0.2, 0.25) is 0 Å². The summed E-state index contributed by atoms with van der Waals surface area (Å²) in [6, 6.07) is 16.2. The molecule has 0 aliphatic heterocycles. The number of benzene rings is 3. The third-order valence-electron chi connectivity index (χ3n) is 4.02. The van der Waals surface area contributed by atoms with Gasteiger partial charge in [0.25, 0.3) is 0 Å². The second kappa shape index (κ2) is 8.22. The second-order valence-electron chi connectivity index (χ2n) is 6.16. The van der Waals surface area contributed by atoms with Crippen LogP contribution in [0.4, 0.5) is 23.2 Å². The number of carboxylic acid groups (broad SMARTS) is 1. The number of halogens is 4. The molecule has 0 radical (unpaired) electrons. The van der Waals surface area contributed by atoms with Crippen molar-refractivity contribution < 1.29 is 32.2 Å². The lowest BCUT2D eigenvalue weighted by Gasteiger charge is -2.10. The fourth-order valence-corrected chi connectivity index (χ4v) is 2.68. The molecule has 0 spiro atoms. The number of rotatable bonds is 6. The summed E-state index contributed by atoms with van der Waals surface area (Å²) in [4.78, 5) is 11.0. The number of carbonyl (C=O) groups is 1. The van der Waals surface area contributed by atoms with E-state index in [1.807, 2.05) is 0 Å². The van der Waals surface area contributed by atoms with E-state index >= 15 is 0 Å². The first-order chi connectivity index (χ1) is 13.7. The number of aromatic carboxylic acids is 1. The van der Waals surface area contributed by atoms with Crippen LogP contribution >= 0.6 is 0 Å². The smallest absolute Gasteiger partial charge is 0.478 e. The molecule has 0 aliphatic rings. The first kappa shape index (κ1) is 20.2. The topological polar surface area (TPSA) is 58.6 Å². The highest BCUT2D eigenvalue weighted by Gasteiger charge is 2.30. The minimum absolute atomic E-state index is 0.152. The predicted molar refractivity (Wildman–Crippen MR) is 99.2 cm³/mol. The molecule has 3 aromatic carbocycles. The van der Waals surface area contributed by atoms with E-state index in [2.05, 4.69) is 10.1 Å². The van der Waals surface area contributed by atoms with Gasteiger partial charge in [-0.05, 0) is 47.0 Å². The largest absolute Gasteiger partial charge is 0.573 e. The van der Waals surface area contributed by atoms with Crippen molar-refractivity contribution in [1.29, 1.82) is 0 Å². The Bertz CT molecular complexity index is 1000. The molecule has 2 N–H and O–H groups in total. The van der Waals surface area contributed by atoms with Crippen LogP contribution in [0.5, 0.6) is 5.75 Å². The second-order valence-corrected chi connectivity index (χ2v) is 6.16. The molecule has 4 nitrogen and oxygen atoms in total. The third-order valence-corrected chi connectivity index (χ3v) is 4.02. The molecule has 0 atom stereocenters. The summed E-state index contributed by atoms with van der Waals surface area (Å²) in [5.41, 5.74) is 2.56. The zero-order chi connectivity index (χ0) is 21.0. The highest BCUT2D eigenvalue weighted by molar-refractivity contribution is 5.88. The predicted octanol–water partition coefficient (Wildman–Crippen LogP) is 5.70. The van der Waals surface area contributed by atoms with Crippen molar-refractivity contribution in [3.8, 4) is 16.9 Å². The van der Waals surface area contributed by atoms with Gasteiger partial charge in [-0.15, -0.1) is 13.2 Å². The number of carboxylic acids is 1. The molecule has 3 aromatic rings. The van der Waals surface area contributed by atoms with Crippen molar-refractivity contribution in [2.45, 2.75) is 12.9 Å². The molecule has 150 valence electrons. The number of nitrogens with one attached hydrogen (secondary N) is 1. The summed E-state index contributed by atoms with van der Waals surface area (Å²) in [7, 11) is 0. The molecule has 0 amide bonds. The fraction of sp³-hybridized carbons (Fsp3) is 0.0952. The quantitative estimate of drug-likeness (QED) is 0.517. The van der Waals surface area contributed by atoms with Gasteiger partial charge in [-0.1, -0.05) is 36.4 Å². The Hall–Kier alpha value is -3.55. The van der Waals surface area contributed by atoms with E-state index in [1.165, 1.54) is 36.4 Å². The summed E-state index contributed by atoms with van der Waals surface area (Å²) in [6.45, 7) is 0.334. The lowest BCUT2D eigenvalue weighted by molar-refractivity contribution is -0.274. The van der Waals surface area contributed by atoms with Crippen LogP contribution in [0.25, 0.3) is 11.1 Å². The van der Waals surface area contributed by atoms with Gasteiger partial charge in [0, 0.05) is 12.2 Å². The maximum atomic E-state index is 13.5. The summed E-state index contributed by atoms with van der Waals surface area (Å²) in [5.74, 6) is -2.16. The molecule has 0 unspecified atom stereocenters. The first-order valence-electron chi connectivity index (χ1n) is 8.42. The van der Waals surface area contributed by atoms with Gasteiger partial charge in [0.15, 0.2) is 0 Å². The van der Waals surface area contributed by atoms with Gasteiger partial charge in [0.05, 0.1) is 5.56 Å². The Morgan fingerprint density at radius 3 is 2.07 bits per heavy atom. The van der Waals surface area contributed by atoms with Crippen LogP contribution in [0.3, 0.4) is 0 Å². The summed E-state index contributed by atoms with van der Waals surface area (Å²) < 4.78 is 54.0. The maximum absolute atomic E-state index is 13.5. The third kappa shape index (κ3) is 5.71. The number of hydrogen-bond donors (Lipinski definition) is 2. The highest BCUT2D eigenvalue weighted by atomic mass is 19.4. The Kier molecular flexibility index (Phi) is 5.72. The van der Waals surface area contributed by atoms with E-state index in [4.69, 9.17) is 5.11 Å². The normalized spacial score (nSPS) is 11.2. The zero-order valence-electron chi connectivity index (χ0n) is 14.8. The summed E-state index contributed by atoms with van der Waals surface area (Å²) >= 11 is 0. The van der Waals surface area contributed by atoms with Crippen LogP contribution < -0.4 is 10.1 Å². The van der Waals surface area contributed by atoms with Gasteiger partial charge in [-0.25, -0.2) is 9.18 Å². The fourth-order valence-electron chi connectivity index (χ4n) is 2.68. The average molecular weight is 405 g/mol. The average Bonchev–Trinajstić information content (AvgIpc) is 2.66. The molecule has 29 heavy (non-hydrogen) atoms. The van der Waals surface area contributed by atoms with E-state index in [-0.39, 0.29) is 11.3 Å². The molecule has 8 heteroatoms. The van der Waals surface area contributed by atoms with Crippen molar-refractivity contribution in [2.24, 2.45) is 0 Å². The summed E-state index contributed by atoms with van der Waals surface area (Å²) in [5, 5.41) is 11.9. The number of ether oxygens (including phenoxy) is 1. The minimum Gasteiger partial charge on any atom is -0.478 e. The number of anilines is 1. The van der Waals surface area contributed by atoms with Crippen molar-refractivity contribution in [3.63, 3.8) is 0 Å². The van der Waals surface area contributed by atoms with Crippen molar-refractivity contribution in [3.05, 3.63) is 83.7 Å². The number of alkyl halides is 3. The van der Waals surface area contributed by atoms with Crippen LogP contribution in [0, 0.1) is 5.82 Å². The van der Waals surface area contributed by atoms with Gasteiger partial charge < -0.3 is 15.2 Å². The summed E-state index contributed by atoms with van der Waals surface area (Å²) in [6.07, 6.45) is -4.73. The highest BCUT2D eigenvalue weighted by Crippen LogP contribution is 2.27. The Balaban J connectivity index is 1.65. The van der Waals surface area contributed by atoms with Crippen LogP contribution in [-0.2, 0) is 6.54 Å². The lowest BCUT2D eigenvalue weighted by atomic mass is 10.0. The van der Waals surface area contributed by atoms with E-state index < -0.39 is 18.1 Å². The van der Waals surface area contributed by atoms with E-state index in [1.54, 1.807) is 24.3 Å². The van der Waals surface area contributed by atoms with Gasteiger partial charge in [-0.2, -0.15) is 0 Å². The van der Waals surface area contributed by atoms with Gasteiger partial charge in [-0.3, -0.25) is 0 Å². The van der Waals surface area contributed by atoms with E-state index in [0.717, 1.165) is 22.8 Å². The van der Waals surface area contributed by atoms with Crippen molar-refractivity contribution in [1.82, 2.24) is 0 Å². The van der Waals surface area contributed by atoms with Crippen molar-refractivity contribution >= 4 is 11.7 Å². The maximum Gasteiger partial charge on any atom is 0.573 e. The zero-order valence-corrected chi connectivity index (χ0v) is 14.8. The molecule has 0 aromatic heterocycles. The molecule has 0 aliphatic carbocycles. The molecule has 0 bridgehead atoms. The molecular weight excluding hydrogens is 390 g/mol. The van der Waals surface area contributed by atoms with Crippen molar-refractivity contribution in [2.75, 3.05) is 5.32 Å². The monoisotopic (exact) mass is 405 g/mol. The standard InChI is InChI=1S/C21H15F4NO3/c22-17-9-16(20(27)28)10-18(11-17)26-12-13-1-3-14(4-2-13)15-5-7-19(8-6-15)29-21(23,24)25/h1-11,26H,12H2,(H,27,28). The first-order valence-corrected chi connectivity index (χ1v) is 8.42. The van der Waals surface area contributed by atoms with Crippen LogP contribution in [0.15, 0.2) is 66.7 Å². The molecule has 0 heterocycles. The molecule has 0 saturated heterocycles. The molecule has 3 rings (SSSR count). The number of hydrogen-bond acceptors (Lipinski definition) is 3. The minimum atomic E-state index is -4.73. The lowest BCUT2D eigenvalue weighted by Crippen LogP contribution is -2.16. The molecule has 0 fully saturated rings. The molecule has 0 saturated carbocycles. The Morgan fingerprint density at radius 2 is 1.52 bits per heavy atom. The SMILES string of the molecule is O=C(O)c1cc(F)cc(NCc2ccc(-c3ccc(OC(F)(F)F)cc3)cc2)c1. The van der Waals surface area contributed by atoms with E-state index in [0.29, 0.717) is 12.2 Å². The van der Waals surface area contributed by atoms with E-state index in [9.17, 15) is 22.4 Å². The Morgan fingerprint density at radius 1 is 0.931 bits per heavy atom. The van der Waals surface area contributed by atoms with Crippen LogP contribution in [0.2, 0.25) is 0 Å². The van der Waals surface area contributed by atoms with Gasteiger partial charge in [0.1, 0.15) is 11.6 Å².